The molecule has 2 rings (SSSR count). The average Bonchev–Trinajstić information content (AvgIpc) is 2.42. The Morgan fingerprint density at radius 3 is 2.38 bits per heavy atom. The number of ether oxygens (including phenoxy) is 1. The number of aryl methyl sites for hydroxylation is 1. The van der Waals surface area contributed by atoms with E-state index in [4.69, 9.17) is 16.3 Å². The van der Waals surface area contributed by atoms with E-state index in [0.29, 0.717) is 5.56 Å². The molecule has 2 aromatic rings. The van der Waals surface area contributed by atoms with Gasteiger partial charge in [0.1, 0.15) is 0 Å². The smallest absolute Gasteiger partial charge is 0.311 e. The van der Waals surface area contributed by atoms with Gasteiger partial charge in [-0.2, -0.15) is 0 Å². The van der Waals surface area contributed by atoms with Crippen LogP contribution in [0.25, 0.3) is 0 Å². The topological polar surface area (TPSA) is 52.4 Å². The average molecular weight is 314 g/mol. The molecule has 0 radical (unpaired) electrons. The summed E-state index contributed by atoms with van der Waals surface area (Å²) in [7, 11) is 0. The molecule has 0 aromatic heterocycles. The summed E-state index contributed by atoms with van der Waals surface area (Å²) in [5.41, 5.74) is 0.535. The third-order valence-electron chi connectivity index (χ3n) is 2.74. The summed E-state index contributed by atoms with van der Waals surface area (Å²) in [6, 6.07) is 6.11. The van der Waals surface area contributed by atoms with Crippen molar-refractivity contribution in [3.8, 4) is 11.5 Å². The predicted molar refractivity (Wildman–Crippen MR) is 73.8 cm³/mol. The Balaban J connectivity index is 2.48. The van der Waals surface area contributed by atoms with Crippen molar-refractivity contribution in [2.24, 2.45) is 0 Å². The maximum atomic E-state index is 13.8. The van der Waals surface area contributed by atoms with Crippen LogP contribution in [-0.4, -0.2) is 4.92 Å². The van der Waals surface area contributed by atoms with Gasteiger partial charge in [-0.25, -0.2) is 8.78 Å². The minimum atomic E-state index is -0.971. The zero-order chi connectivity index (χ0) is 15.6. The van der Waals surface area contributed by atoms with Gasteiger partial charge < -0.3 is 4.74 Å². The molecular weight excluding hydrogens is 304 g/mol. The molecule has 0 heterocycles. The van der Waals surface area contributed by atoms with Crippen molar-refractivity contribution in [1.29, 1.82) is 0 Å². The van der Waals surface area contributed by atoms with Crippen molar-refractivity contribution in [2.45, 2.75) is 12.8 Å². The third-order valence-corrected chi connectivity index (χ3v) is 3.05. The Bertz CT molecular complexity index is 684. The second-order valence-corrected chi connectivity index (χ2v) is 4.62. The molecule has 2 aromatic carbocycles. The number of hydrogen-bond donors (Lipinski definition) is 0. The summed E-state index contributed by atoms with van der Waals surface area (Å²) in [4.78, 5) is 10.2. The molecule has 0 amide bonds. The van der Waals surface area contributed by atoms with Crippen LogP contribution in [0, 0.1) is 28.7 Å². The van der Waals surface area contributed by atoms with Gasteiger partial charge in [0.25, 0.3) is 0 Å². The van der Waals surface area contributed by atoms with Gasteiger partial charge in [-0.3, -0.25) is 10.1 Å². The molecule has 0 aliphatic heterocycles. The van der Waals surface area contributed by atoms with Crippen LogP contribution in [0.3, 0.4) is 0 Å². The monoisotopic (exact) mass is 313 g/mol. The van der Waals surface area contributed by atoms with E-state index < -0.39 is 22.3 Å². The number of benzene rings is 2. The maximum absolute atomic E-state index is 13.8. The van der Waals surface area contributed by atoms with E-state index in [1.807, 2.05) is 0 Å². The second-order valence-electron chi connectivity index (χ2n) is 4.35. The van der Waals surface area contributed by atoms with E-state index in [1.165, 1.54) is 18.2 Å². The van der Waals surface area contributed by atoms with Crippen LogP contribution in [-0.2, 0) is 5.88 Å². The molecule has 110 valence electrons. The molecule has 0 unspecified atom stereocenters. The Morgan fingerprint density at radius 2 is 1.86 bits per heavy atom. The van der Waals surface area contributed by atoms with Gasteiger partial charge >= 0.3 is 5.69 Å². The fraction of sp³-hybridized carbons (Fsp3) is 0.143. The molecule has 0 spiro atoms. The molecule has 7 heteroatoms. The quantitative estimate of drug-likeness (QED) is 0.466. The lowest BCUT2D eigenvalue weighted by Crippen LogP contribution is -1.98. The van der Waals surface area contributed by atoms with Gasteiger partial charge in [-0.15, -0.1) is 11.6 Å². The summed E-state index contributed by atoms with van der Waals surface area (Å²) < 4.78 is 32.7. The van der Waals surface area contributed by atoms with Gasteiger partial charge in [0.05, 0.1) is 4.92 Å². The normalized spacial score (nSPS) is 10.5. The molecule has 0 fully saturated rings. The first-order valence-corrected chi connectivity index (χ1v) is 6.42. The van der Waals surface area contributed by atoms with Crippen molar-refractivity contribution in [3.63, 3.8) is 0 Å². The SMILES string of the molecule is Cc1ccc([N+](=O)[O-])c(Oc2c(F)cc(CCl)cc2F)c1. The molecule has 0 saturated carbocycles. The van der Waals surface area contributed by atoms with Crippen LogP contribution in [0.5, 0.6) is 11.5 Å². The first-order valence-electron chi connectivity index (χ1n) is 5.89. The Kier molecular flexibility index (Phi) is 4.37. The van der Waals surface area contributed by atoms with Crippen LogP contribution < -0.4 is 4.74 Å². The molecule has 0 atom stereocenters. The minimum Gasteiger partial charge on any atom is -0.444 e. The highest BCUT2D eigenvalue weighted by atomic mass is 35.5. The van der Waals surface area contributed by atoms with E-state index >= 15 is 0 Å². The predicted octanol–water partition coefficient (Wildman–Crippen LogP) is 4.71. The van der Waals surface area contributed by atoms with E-state index in [0.717, 1.165) is 12.1 Å². The number of rotatable bonds is 4. The fourth-order valence-corrected chi connectivity index (χ4v) is 1.91. The van der Waals surface area contributed by atoms with Crippen LogP contribution in [0.2, 0.25) is 0 Å². The van der Waals surface area contributed by atoms with Gasteiger partial charge in [0, 0.05) is 11.9 Å². The number of nitrogens with zero attached hydrogens (tertiary/aromatic N) is 1. The van der Waals surface area contributed by atoms with Crippen molar-refractivity contribution in [3.05, 3.63) is 63.2 Å². The summed E-state index contributed by atoms with van der Waals surface area (Å²) in [6.07, 6.45) is 0. The molecule has 4 nitrogen and oxygen atoms in total. The number of nitro benzene ring substituents is 1. The summed E-state index contributed by atoms with van der Waals surface area (Å²) >= 11 is 5.51. The molecule has 21 heavy (non-hydrogen) atoms. The first-order chi connectivity index (χ1) is 9.92. The van der Waals surface area contributed by atoms with Crippen molar-refractivity contribution >= 4 is 17.3 Å². The van der Waals surface area contributed by atoms with Crippen molar-refractivity contribution < 1.29 is 18.4 Å². The Morgan fingerprint density at radius 1 is 1.24 bits per heavy atom. The lowest BCUT2D eigenvalue weighted by molar-refractivity contribution is -0.385. The highest BCUT2D eigenvalue weighted by molar-refractivity contribution is 6.17. The zero-order valence-corrected chi connectivity index (χ0v) is 11.7. The fourth-order valence-electron chi connectivity index (χ4n) is 1.75. The Labute approximate surface area is 124 Å². The van der Waals surface area contributed by atoms with Crippen molar-refractivity contribution in [1.82, 2.24) is 0 Å². The van der Waals surface area contributed by atoms with Crippen LogP contribution >= 0.6 is 11.6 Å². The first kappa shape index (κ1) is 15.2. The molecule has 0 bridgehead atoms. The highest BCUT2D eigenvalue weighted by Gasteiger charge is 2.20. The van der Waals surface area contributed by atoms with Crippen LogP contribution in [0.15, 0.2) is 30.3 Å². The third kappa shape index (κ3) is 3.28. The van der Waals surface area contributed by atoms with Crippen LogP contribution in [0.4, 0.5) is 14.5 Å². The number of halogens is 3. The van der Waals surface area contributed by atoms with E-state index in [-0.39, 0.29) is 22.9 Å². The second kappa shape index (κ2) is 6.05. The van der Waals surface area contributed by atoms with E-state index in [9.17, 15) is 18.9 Å². The van der Waals surface area contributed by atoms with Gasteiger partial charge in [-0.1, -0.05) is 6.07 Å². The number of alkyl halides is 1. The zero-order valence-electron chi connectivity index (χ0n) is 10.9. The van der Waals surface area contributed by atoms with Crippen LogP contribution in [0.1, 0.15) is 11.1 Å². The van der Waals surface area contributed by atoms with E-state index in [1.54, 1.807) is 6.92 Å². The molecule has 0 N–H and O–H groups in total. The summed E-state index contributed by atoms with van der Waals surface area (Å²) in [5.74, 6) is -2.92. The minimum absolute atomic E-state index is 0.0568. The largest absolute Gasteiger partial charge is 0.444 e. The number of hydrogen-bond acceptors (Lipinski definition) is 3. The standard InChI is InChI=1S/C14H10ClF2NO3/c1-8-2-3-12(18(19)20)13(4-8)21-14-10(16)5-9(7-15)6-11(14)17/h2-6H,7H2,1H3. The summed E-state index contributed by atoms with van der Waals surface area (Å²) in [5, 5.41) is 10.9. The molecular formula is C14H10ClF2NO3. The molecule has 0 saturated heterocycles. The Hall–Kier alpha value is -2.21. The lowest BCUT2D eigenvalue weighted by Gasteiger charge is -2.10. The maximum Gasteiger partial charge on any atom is 0.311 e. The molecule has 0 aliphatic carbocycles. The lowest BCUT2D eigenvalue weighted by atomic mass is 10.2. The van der Waals surface area contributed by atoms with Gasteiger partial charge in [0.15, 0.2) is 17.4 Å². The van der Waals surface area contributed by atoms with Gasteiger partial charge in [-0.05, 0) is 36.2 Å². The number of nitro groups is 1. The molecule has 0 aliphatic rings. The highest BCUT2D eigenvalue weighted by Crippen LogP contribution is 2.35. The summed E-state index contributed by atoms with van der Waals surface area (Å²) in [6.45, 7) is 1.68. The van der Waals surface area contributed by atoms with E-state index in [2.05, 4.69) is 0 Å². The van der Waals surface area contributed by atoms with Gasteiger partial charge in [0.2, 0.25) is 5.75 Å². The van der Waals surface area contributed by atoms with Crippen molar-refractivity contribution in [2.75, 3.05) is 0 Å².